The third-order valence-corrected chi connectivity index (χ3v) is 7.43. The summed E-state index contributed by atoms with van der Waals surface area (Å²) in [6, 6.07) is 4.01. The quantitative estimate of drug-likeness (QED) is 0.818. The number of anilines is 1. The number of nitrogens with two attached hydrogens (primary N) is 1. The van der Waals surface area contributed by atoms with Crippen molar-refractivity contribution in [3.8, 4) is 0 Å². The fourth-order valence-corrected chi connectivity index (χ4v) is 6.51. The average Bonchev–Trinajstić information content (AvgIpc) is 2.63. The second-order valence-electron chi connectivity index (χ2n) is 4.25. The number of hydrogen-bond acceptors (Lipinski definition) is 5. The summed E-state index contributed by atoms with van der Waals surface area (Å²) in [6.45, 7) is 0. The van der Waals surface area contributed by atoms with E-state index in [2.05, 4.69) is 0 Å². The first-order chi connectivity index (χ1) is 8.22. The molecule has 1 aromatic rings. The normalized spacial score (nSPS) is 23.1. The summed E-state index contributed by atoms with van der Waals surface area (Å²) in [7, 11) is -6.91. The molecular weight excluding hydrogens is 298 g/mol. The highest BCUT2D eigenvalue weighted by molar-refractivity contribution is 7.96. The topological polar surface area (TPSA) is 94.3 Å². The van der Waals surface area contributed by atoms with Crippen LogP contribution in [0, 0.1) is 0 Å². The van der Waals surface area contributed by atoms with E-state index in [1.54, 1.807) is 0 Å². The number of halogens is 1. The highest BCUT2D eigenvalue weighted by Gasteiger charge is 2.38. The molecule has 0 aromatic heterocycles. The van der Waals surface area contributed by atoms with Crippen molar-refractivity contribution in [2.45, 2.75) is 16.6 Å². The number of nitrogen functional groups attached to an aromatic ring is 1. The van der Waals surface area contributed by atoms with Crippen LogP contribution in [0.2, 0.25) is 5.02 Å². The molecule has 1 aliphatic rings. The molecule has 2 rings (SSSR count). The highest BCUT2D eigenvalue weighted by atomic mass is 35.5. The minimum atomic E-state index is -3.67. The van der Waals surface area contributed by atoms with E-state index >= 15 is 0 Å². The SMILES string of the molecule is Nc1ccc(S(=O)(=O)C2CCS(=O)(=O)C2)cc1Cl. The van der Waals surface area contributed by atoms with Crippen LogP contribution >= 0.6 is 11.6 Å². The van der Waals surface area contributed by atoms with Gasteiger partial charge >= 0.3 is 0 Å². The Balaban J connectivity index is 2.40. The molecule has 0 bridgehead atoms. The molecule has 0 saturated carbocycles. The largest absolute Gasteiger partial charge is 0.398 e. The Bertz CT molecular complexity index is 682. The summed E-state index contributed by atoms with van der Waals surface area (Å²) < 4.78 is 47.1. The van der Waals surface area contributed by atoms with Gasteiger partial charge in [-0.05, 0) is 24.6 Å². The van der Waals surface area contributed by atoms with Crippen LogP contribution in [0.1, 0.15) is 6.42 Å². The van der Waals surface area contributed by atoms with Gasteiger partial charge in [0.1, 0.15) is 0 Å². The van der Waals surface area contributed by atoms with E-state index in [1.165, 1.54) is 18.2 Å². The standard InChI is InChI=1S/C10H12ClNO4S2/c11-9-5-7(1-2-10(9)12)18(15,16)8-3-4-17(13,14)6-8/h1-2,5,8H,3-4,6,12H2. The van der Waals surface area contributed by atoms with Crippen LogP contribution in [0.4, 0.5) is 5.69 Å². The van der Waals surface area contributed by atoms with Gasteiger partial charge in [0.25, 0.3) is 0 Å². The molecule has 1 heterocycles. The zero-order valence-electron chi connectivity index (χ0n) is 9.34. The summed E-state index contributed by atoms with van der Waals surface area (Å²) >= 11 is 5.77. The smallest absolute Gasteiger partial charge is 0.182 e. The van der Waals surface area contributed by atoms with Gasteiger partial charge in [-0.15, -0.1) is 0 Å². The lowest BCUT2D eigenvalue weighted by atomic mass is 10.3. The van der Waals surface area contributed by atoms with Crippen molar-refractivity contribution in [3.05, 3.63) is 23.2 Å². The summed E-state index contributed by atoms with van der Waals surface area (Å²) in [5.74, 6) is -0.406. The Morgan fingerprint density at radius 2 is 2.00 bits per heavy atom. The van der Waals surface area contributed by atoms with Gasteiger partial charge in [0, 0.05) is 0 Å². The van der Waals surface area contributed by atoms with Crippen molar-refractivity contribution in [2.75, 3.05) is 17.2 Å². The zero-order valence-corrected chi connectivity index (χ0v) is 11.7. The first-order valence-electron chi connectivity index (χ1n) is 5.22. The summed E-state index contributed by atoms with van der Waals surface area (Å²) in [6.07, 6.45) is 0.132. The molecule has 5 nitrogen and oxygen atoms in total. The van der Waals surface area contributed by atoms with E-state index < -0.39 is 24.9 Å². The fourth-order valence-electron chi connectivity index (χ4n) is 1.88. The molecule has 0 radical (unpaired) electrons. The first-order valence-corrected chi connectivity index (χ1v) is 8.96. The molecule has 0 aliphatic carbocycles. The monoisotopic (exact) mass is 309 g/mol. The summed E-state index contributed by atoms with van der Waals surface area (Å²) in [5, 5.41) is -0.737. The zero-order chi connectivity index (χ0) is 13.6. The van der Waals surface area contributed by atoms with Crippen LogP contribution in [0.25, 0.3) is 0 Å². The van der Waals surface area contributed by atoms with Gasteiger partial charge in [-0.1, -0.05) is 11.6 Å². The average molecular weight is 310 g/mol. The molecule has 2 N–H and O–H groups in total. The van der Waals surface area contributed by atoms with Gasteiger partial charge in [0.15, 0.2) is 19.7 Å². The predicted molar refractivity (Wildman–Crippen MR) is 70.1 cm³/mol. The van der Waals surface area contributed by atoms with Crippen molar-refractivity contribution >= 4 is 37.0 Å². The second-order valence-corrected chi connectivity index (χ2v) is 9.12. The van der Waals surface area contributed by atoms with Crippen LogP contribution in [0.15, 0.2) is 23.1 Å². The van der Waals surface area contributed by atoms with E-state index in [1.807, 2.05) is 0 Å². The molecule has 18 heavy (non-hydrogen) atoms. The van der Waals surface area contributed by atoms with Gasteiger partial charge in [-0.3, -0.25) is 0 Å². The van der Waals surface area contributed by atoms with Crippen molar-refractivity contribution in [1.82, 2.24) is 0 Å². The third-order valence-electron chi connectivity index (χ3n) is 2.93. The minimum absolute atomic E-state index is 0.0174. The first kappa shape index (κ1) is 13.6. The van der Waals surface area contributed by atoms with Crippen molar-refractivity contribution in [2.24, 2.45) is 0 Å². The molecule has 0 spiro atoms. The lowest BCUT2D eigenvalue weighted by molar-refractivity contribution is 0.582. The van der Waals surface area contributed by atoms with Crippen molar-refractivity contribution < 1.29 is 16.8 Å². The molecule has 1 atom stereocenters. The molecule has 1 unspecified atom stereocenters. The Hall–Kier alpha value is -0.790. The van der Waals surface area contributed by atoms with Gasteiger partial charge in [-0.25, -0.2) is 16.8 Å². The Morgan fingerprint density at radius 3 is 2.50 bits per heavy atom. The van der Waals surface area contributed by atoms with Crippen LogP contribution in [-0.4, -0.2) is 33.6 Å². The number of hydrogen-bond donors (Lipinski definition) is 1. The van der Waals surface area contributed by atoms with Crippen molar-refractivity contribution in [1.29, 1.82) is 0 Å². The Morgan fingerprint density at radius 1 is 1.33 bits per heavy atom. The number of benzene rings is 1. The Kier molecular flexibility index (Phi) is 3.33. The minimum Gasteiger partial charge on any atom is -0.398 e. The third kappa shape index (κ3) is 2.48. The molecule has 1 aliphatic heterocycles. The Labute approximate surface area is 111 Å². The van der Waals surface area contributed by atoms with E-state index in [-0.39, 0.29) is 33.5 Å². The van der Waals surface area contributed by atoms with E-state index in [4.69, 9.17) is 17.3 Å². The molecule has 8 heteroatoms. The van der Waals surface area contributed by atoms with Crippen molar-refractivity contribution in [3.63, 3.8) is 0 Å². The van der Waals surface area contributed by atoms with E-state index in [0.717, 1.165) is 0 Å². The summed E-state index contributed by atoms with van der Waals surface area (Å²) in [5.41, 5.74) is 5.79. The molecular formula is C10H12ClNO4S2. The number of rotatable bonds is 2. The predicted octanol–water partition coefficient (Wildman–Crippen LogP) is 0.883. The van der Waals surface area contributed by atoms with Crippen LogP contribution in [0.3, 0.4) is 0 Å². The molecule has 1 aromatic carbocycles. The van der Waals surface area contributed by atoms with E-state index in [9.17, 15) is 16.8 Å². The maximum absolute atomic E-state index is 12.2. The maximum atomic E-state index is 12.2. The summed E-state index contributed by atoms with van der Waals surface area (Å²) in [4.78, 5) is 0.0174. The van der Waals surface area contributed by atoms with Gasteiger partial charge in [0.05, 0.1) is 32.4 Å². The molecule has 0 amide bonds. The van der Waals surface area contributed by atoms with E-state index in [0.29, 0.717) is 0 Å². The second kappa shape index (κ2) is 4.40. The highest BCUT2D eigenvalue weighted by Crippen LogP contribution is 2.29. The fraction of sp³-hybridized carbons (Fsp3) is 0.400. The van der Waals surface area contributed by atoms with Crippen LogP contribution in [-0.2, 0) is 19.7 Å². The number of sulfone groups is 2. The van der Waals surface area contributed by atoms with Gasteiger partial charge in [0.2, 0.25) is 0 Å². The van der Waals surface area contributed by atoms with Gasteiger partial charge in [-0.2, -0.15) is 0 Å². The van der Waals surface area contributed by atoms with Gasteiger partial charge < -0.3 is 5.73 Å². The van der Waals surface area contributed by atoms with Crippen LogP contribution < -0.4 is 5.73 Å². The molecule has 100 valence electrons. The maximum Gasteiger partial charge on any atom is 0.182 e. The molecule has 1 saturated heterocycles. The lowest BCUT2D eigenvalue weighted by Gasteiger charge is -2.10. The molecule has 1 fully saturated rings. The lowest BCUT2D eigenvalue weighted by Crippen LogP contribution is -2.22. The van der Waals surface area contributed by atoms with Crippen LogP contribution in [0.5, 0.6) is 0 Å².